The minimum atomic E-state index is -2.57. The van der Waals surface area contributed by atoms with Crippen molar-refractivity contribution in [1.29, 1.82) is 0 Å². The second kappa shape index (κ2) is 47.2. The fraction of sp³-hybridized carbons (Fsp3) is 0.776. The molecule has 0 spiro atoms. The highest BCUT2D eigenvalue weighted by molar-refractivity contribution is 8.15. The summed E-state index contributed by atoms with van der Waals surface area (Å²) in [6, 6.07) is 22.3. The van der Waals surface area contributed by atoms with E-state index in [1.165, 1.54) is 136 Å². The first-order chi connectivity index (χ1) is 37.9. The average Bonchev–Trinajstić information content (AvgIpc) is 3.51. The number of likely N-dealkylation sites (N-methyl/N-ethyl adjacent to an activating group) is 1. The third kappa shape index (κ3) is 33.6. The molecule has 78 heavy (non-hydrogen) atoms. The standard InChI is InChI=1S/C67H118N2O6S2Si/c1-9-12-15-17-20-28-43-60(42-27-16-13-10-2)57-64(70)69(8)58-66(72)74-53-38-26-30-45-61(44-29-25-37-52-73-65(71)50-35-21-18-19-22-41-56-77-59-76-55-40-14-11-3)68(7)51-36-39-54-75-78(67(4,5)6,62-46-31-23-32-47-62)63-48-33-24-34-49-63/h23-24,31-34,46-49,60-61H,9-22,25-30,35-45,50-59H2,1-8H3. The number of unbranched alkanes of at least 4 members (excludes halogenated alkanes) is 20. The maximum absolute atomic E-state index is 13.3. The van der Waals surface area contributed by atoms with E-state index in [2.05, 4.69) is 138 Å². The van der Waals surface area contributed by atoms with Crippen LogP contribution in [0.15, 0.2) is 60.7 Å². The minimum Gasteiger partial charge on any atom is -0.466 e. The van der Waals surface area contributed by atoms with Gasteiger partial charge in [-0.15, -0.1) is 0 Å². The molecule has 0 bridgehead atoms. The normalized spacial score (nSPS) is 12.7. The van der Waals surface area contributed by atoms with Crippen LogP contribution in [0.25, 0.3) is 0 Å². The first-order valence-corrected chi connectivity index (χ1v) is 36.3. The lowest BCUT2D eigenvalue weighted by Gasteiger charge is -2.43. The van der Waals surface area contributed by atoms with Crippen molar-refractivity contribution in [3.63, 3.8) is 0 Å². The van der Waals surface area contributed by atoms with Crippen LogP contribution in [0.4, 0.5) is 0 Å². The number of nitrogens with zero attached hydrogens (tertiary/aromatic N) is 2. The Morgan fingerprint density at radius 3 is 1.50 bits per heavy atom. The first-order valence-electron chi connectivity index (χ1n) is 32.0. The molecule has 0 saturated carbocycles. The van der Waals surface area contributed by atoms with Gasteiger partial charge in [0.1, 0.15) is 6.54 Å². The first kappa shape index (κ1) is 71.8. The molecule has 0 saturated heterocycles. The van der Waals surface area contributed by atoms with Crippen LogP contribution in [0.2, 0.25) is 5.04 Å². The molecule has 8 nitrogen and oxygen atoms in total. The minimum absolute atomic E-state index is 0.0198. The maximum Gasteiger partial charge on any atom is 0.325 e. The van der Waals surface area contributed by atoms with E-state index in [1.54, 1.807) is 11.9 Å². The molecule has 2 atom stereocenters. The molecule has 2 aromatic carbocycles. The van der Waals surface area contributed by atoms with Gasteiger partial charge in [-0.1, -0.05) is 231 Å². The molecule has 0 heterocycles. The molecule has 0 aromatic heterocycles. The van der Waals surface area contributed by atoms with Crippen molar-refractivity contribution in [2.24, 2.45) is 5.92 Å². The number of carbonyl (C=O) groups excluding carboxylic acids is 3. The van der Waals surface area contributed by atoms with E-state index >= 15 is 0 Å². The van der Waals surface area contributed by atoms with Crippen molar-refractivity contribution in [3.05, 3.63) is 60.7 Å². The second-order valence-electron chi connectivity index (χ2n) is 23.7. The Kier molecular flexibility index (Phi) is 43.4. The van der Waals surface area contributed by atoms with E-state index in [0.717, 1.165) is 103 Å². The highest BCUT2D eigenvalue weighted by atomic mass is 32.2. The van der Waals surface area contributed by atoms with E-state index in [0.29, 0.717) is 38.0 Å². The second-order valence-corrected chi connectivity index (χ2v) is 30.6. The average molecular weight is 1140 g/mol. The zero-order chi connectivity index (χ0) is 56.8. The summed E-state index contributed by atoms with van der Waals surface area (Å²) in [5.41, 5.74) is 0. The van der Waals surface area contributed by atoms with Gasteiger partial charge >= 0.3 is 11.9 Å². The Morgan fingerprint density at radius 2 is 0.949 bits per heavy atom. The predicted molar refractivity (Wildman–Crippen MR) is 342 cm³/mol. The van der Waals surface area contributed by atoms with Crippen LogP contribution in [0.3, 0.4) is 0 Å². The maximum atomic E-state index is 13.3. The molecule has 448 valence electrons. The van der Waals surface area contributed by atoms with Crippen LogP contribution in [-0.4, -0.2) is 106 Å². The van der Waals surface area contributed by atoms with Crippen molar-refractivity contribution in [1.82, 2.24) is 9.80 Å². The lowest BCUT2D eigenvalue weighted by atomic mass is 9.91. The van der Waals surface area contributed by atoms with Crippen LogP contribution in [0.5, 0.6) is 0 Å². The number of thioether (sulfide) groups is 2. The Morgan fingerprint density at radius 1 is 0.513 bits per heavy atom. The van der Waals surface area contributed by atoms with Crippen LogP contribution < -0.4 is 10.4 Å². The van der Waals surface area contributed by atoms with Crippen LogP contribution in [-0.2, 0) is 28.3 Å². The SMILES string of the molecule is CCCCCCCCC(CCCCCC)CC(=O)N(C)CC(=O)OCCCCCC(CCCCCOC(=O)CCCCCCCCSCSCCCCC)N(C)CCCCO[Si](c1ccccc1)(c1ccccc1)C(C)(C)C. The highest BCUT2D eigenvalue weighted by Gasteiger charge is 2.50. The number of esters is 2. The summed E-state index contributed by atoms with van der Waals surface area (Å²) < 4.78 is 18.6. The smallest absolute Gasteiger partial charge is 0.325 e. The van der Waals surface area contributed by atoms with E-state index < -0.39 is 8.32 Å². The topological polar surface area (TPSA) is 85.4 Å². The molecule has 0 aliphatic heterocycles. The molecule has 0 fully saturated rings. The molecule has 0 N–H and O–H groups in total. The summed E-state index contributed by atoms with van der Waals surface area (Å²) in [5.74, 6) is 2.69. The lowest BCUT2D eigenvalue weighted by molar-refractivity contribution is -0.149. The van der Waals surface area contributed by atoms with Crippen molar-refractivity contribution in [2.45, 2.75) is 265 Å². The van der Waals surface area contributed by atoms with Crippen LogP contribution in [0, 0.1) is 5.92 Å². The van der Waals surface area contributed by atoms with Crippen molar-refractivity contribution >= 4 is 60.1 Å². The molecule has 2 rings (SSSR count). The van der Waals surface area contributed by atoms with Gasteiger partial charge in [-0.2, -0.15) is 23.5 Å². The summed E-state index contributed by atoms with van der Waals surface area (Å²) in [5, 5.41) is 3.84. The number of benzene rings is 2. The number of hydrogen-bond donors (Lipinski definition) is 0. The van der Waals surface area contributed by atoms with Crippen LogP contribution in [0.1, 0.15) is 253 Å². The Hall–Kier alpha value is -2.31. The van der Waals surface area contributed by atoms with Gasteiger partial charge in [0.2, 0.25) is 5.91 Å². The molecule has 2 aromatic rings. The Bertz CT molecular complexity index is 1690. The predicted octanol–water partition coefficient (Wildman–Crippen LogP) is 17.4. The van der Waals surface area contributed by atoms with Gasteiger partial charge in [-0.3, -0.25) is 14.4 Å². The molecule has 0 radical (unpaired) electrons. The fourth-order valence-electron chi connectivity index (χ4n) is 10.9. The molecule has 11 heteroatoms. The Labute approximate surface area is 490 Å². The lowest BCUT2D eigenvalue weighted by Crippen LogP contribution is -2.66. The van der Waals surface area contributed by atoms with Crippen molar-refractivity contribution < 1.29 is 28.3 Å². The molecular formula is C67H118N2O6S2Si. The van der Waals surface area contributed by atoms with Gasteiger partial charge in [0.15, 0.2) is 0 Å². The largest absolute Gasteiger partial charge is 0.466 e. The summed E-state index contributed by atoms with van der Waals surface area (Å²) in [6.07, 6.45) is 37.1. The molecule has 0 aliphatic rings. The third-order valence-corrected chi connectivity index (χ3v) is 23.3. The van der Waals surface area contributed by atoms with Crippen molar-refractivity contribution in [3.8, 4) is 0 Å². The van der Waals surface area contributed by atoms with Gasteiger partial charge in [0, 0.05) is 37.6 Å². The van der Waals surface area contributed by atoms with Gasteiger partial charge in [-0.25, -0.2) is 0 Å². The van der Waals surface area contributed by atoms with Gasteiger partial charge in [-0.05, 0) is 117 Å². The summed E-state index contributed by atoms with van der Waals surface area (Å²) >= 11 is 4.18. The summed E-state index contributed by atoms with van der Waals surface area (Å²) in [4.78, 5) is 43.0. The third-order valence-electron chi connectivity index (χ3n) is 15.8. The zero-order valence-electron chi connectivity index (χ0n) is 51.6. The molecule has 0 aliphatic carbocycles. The van der Waals surface area contributed by atoms with Crippen LogP contribution >= 0.6 is 23.5 Å². The summed E-state index contributed by atoms with van der Waals surface area (Å²) in [7, 11) is 1.47. The zero-order valence-corrected chi connectivity index (χ0v) is 54.2. The quantitative estimate of drug-likeness (QED) is 0.0278. The number of rotatable bonds is 52. The monoisotopic (exact) mass is 1140 g/mol. The number of amides is 1. The molecular weight excluding hydrogens is 1020 g/mol. The number of carbonyl (C=O) groups is 3. The van der Waals surface area contributed by atoms with Crippen molar-refractivity contribution in [2.75, 3.05) is 63.6 Å². The highest BCUT2D eigenvalue weighted by Crippen LogP contribution is 2.37. The van der Waals surface area contributed by atoms with Gasteiger partial charge in [0.25, 0.3) is 8.32 Å². The van der Waals surface area contributed by atoms with E-state index in [1.807, 2.05) is 0 Å². The number of hydrogen-bond acceptors (Lipinski definition) is 9. The molecule has 2 unspecified atom stereocenters. The Balaban J connectivity index is 1.84. The van der Waals surface area contributed by atoms with Gasteiger partial charge < -0.3 is 23.7 Å². The number of ether oxygens (including phenoxy) is 2. The van der Waals surface area contributed by atoms with E-state index in [4.69, 9.17) is 13.9 Å². The molecule has 1 amide bonds. The summed E-state index contributed by atoms with van der Waals surface area (Å²) in [6.45, 7) is 16.5. The fourth-order valence-corrected chi connectivity index (χ4v) is 17.8. The van der Waals surface area contributed by atoms with E-state index in [-0.39, 0.29) is 29.4 Å². The van der Waals surface area contributed by atoms with E-state index in [9.17, 15) is 14.4 Å². The van der Waals surface area contributed by atoms with Gasteiger partial charge in [0.05, 0.1) is 13.2 Å².